The van der Waals surface area contributed by atoms with E-state index in [0.717, 1.165) is 52.2 Å². The van der Waals surface area contributed by atoms with E-state index >= 15 is 0 Å². The monoisotopic (exact) mass is 382 g/mol. The van der Waals surface area contributed by atoms with Crippen LogP contribution in [0.3, 0.4) is 0 Å². The fraction of sp³-hybridized carbons (Fsp3) is 0.529. The van der Waals surface area contributed by atoms with Gasteiger partial charge in [-0.3, -0.25) is 0 Å². The molecule has 1 N–H and O–H groups in total. The Morgan fingerprint density at radius 2 is 1.92 bits per heavy atom. The third kappa shape index (κ3) is 3.82. The Hall–Kier alpha value is -0.950. The Labute approximate surface area is 157 Å². The van der Waals surface area contributed by atoms with E-state index < -0.39 is 0 Å². The molecule has 24 heavy (non-hydrogen) atoms. The van der Waals surface area contributed by atoms with Gasteiger partial charge in [0.05, 0.1) is 25.9 Å². The minimum Gasteiger partial charge on any atom is -0.346 e. The minimum absolute atomic E-state index is 0.0406. The van der Waals surface area contributed by atoms with Gasteiger partial charge in [-0.15, -0.1) is 11.3 Å². The second-order valence-electron chi connectivity index (χ2n) is 7.29. The topological polar surface area (TPSA) is 31.4 Å². The Kier molecular flexibility index (Phi) is 5.02. The van der Waals surface area contributed by atoms with Crippen molar-refractivity contribution in [2.45, 2.75) is 26.2 Å². The van der Waals surface area contributed by atoms with E-state index in [9.17, 15) is 0 Å². The van der Waals surface area contributed by atoms with Crippen molar-refractivity contribution in [3.8, 4) is 0 Å². The first-order valence-corrected chi connectivity index (χ1v) is 9.69. The van der Waals surface area contributed by atoms with E-state index in [-0.39, 0.29) is 5.41 Å². The maximum absolute atomic E-state index is 6.45. The lowest BCUT2D eigenvalue weighted by molar-refractivity contribution is 0.217. The molecule has 1 aromatic carbocycles. The van der Waals surface area contributed by atoms with Crippen LogP contribution in [-0.4, -0.2) is 53.1 Å². The number of nitrogens with one attached hydrogen (secondary N) is 1. The lowest BCUT2D eigenvalue weighted by Gasteiger charge is -2.34. The SMILES string of the molecule is CN1CCN(C(=S)Nc2cc3sc(C(C)(C)C)nc3cc2Cl)CC1. The van der Waals surface area contributed by atoms with Gasteiger partial charge in [-0.05, 0) is 31.4 Å². The van der Waals surface area contributed by atoms with Gasteiger partial charge in [0.2, 0.25) is 0 Å². The molecule has 4 nitrogen and oxygen atoms in total. The molecular weight excluding hydrogens is 360 g/mol. The summed E-state index contributed by atoms with van der Waals surface area (Å²) in [6.45, 7) is 10.5. The largest absolute Gasteiger partial charge is 0.346 e. The normalized spacial score (nSPS) is 16.6. The number of anilines is 1. The smallest absolute Gasteiger partial charge is 0.173 e. The summed E-state index contributed by atoms with van der Waals surface area (Å²) in [5.41, 5.74) is 1.85. The van der Waals surface area contributed by atoms with Gasteiger partial charge in [-0.25, -0.2) is 4.98 Å². The van der Waals surface area contributed by atoms with Crippen LogP contribution in [0.15, 0.2) is 12.1 Å². The maximum Gasteiger partial charge on any atom is 0.173 e. The summed E-state index contributed by atoms with van der Waals surface area (Å²) in [4.78, 5) is 9.23. The first-order chi connectivity index (χ1) is 11.2. The summed E-state index contributed by atoms with van der Waals surface area (Å²) in [5.74, 6) is 0. The zero-order valence-corrected chi connectivity index (χ0v) is 16.9. The molecule has 1 aliphatic rings. The third-order valence-electron chi connectivity index (χ3n) is 4.15. The molecule has 1 aliphatic heterocycles. The van der Waals surface area contributed by atoms with Crippen LogP contribution in [0.5, 0.6) is 0 Å². The molecule has 0 saturated carbocycles. The van der Waals surface area contributed by atoms with E-state index in [0.29, 0.717) is 5.02 Å². The van der Waals surface area contributed by atoms with Crippen LogP contribution in [0.4, 0.5) is 5.69 Å². The summed E-state index contributed by atoms with van der Waals surface area (Å²) < 4.78 is 1.13. The average Bonchev–Trinajstić information content (AvgIpc) is 2.91. The van der Waals surface area contributed by atoms with Gasteiger partial charge in [-0.1, -0.05) is 32.4 Å². The molecule has 0 aliphatic carbocycles. The maximum atomic E-state index is 6.45. The number of thiazole rings is 1. The Bertz CT molecular complexity index is 758. The quantitative estimate of drug-likeness (QED) is 0.747. The van der Waals surface area contributed by atoms with Crippen molar-refractivity contribution in [2.24, 2.45) is 0 Å². The second kappa shape index (κ2) is 6.75. The number of hydrogen-bond donors (Lipinski definition) is 1. The third-order valence-corrected chi connectivity index (χ3v) is 6.27. The molecule has 3 rings (SSSR count). The molecule has 0 atom stereocenters. The van der Waals surface area contributed by atoms with Crippen molar-refractivity contribution in [1.82, 2.24) is 14.8 Å². The number of benzene rings is 1. The Morgan fingerprint density at radius 3 is 2.54 bits per heavy atom. The molecule has 0 spiro atoms. The molecule has 2 heterocycles. The molecule has 0 amide bonds. The fourth-order valence-corrected chi connectivity index (χ4v) is 4.11. The van der Waals surface area contributed by atoms with Gasteiger partial charge < -0.3 is 15.1 Å². The van der Waals surface area contributed by atoms with Crippen molar-refractivity contribution in [2.75, 3.05) is 38.5 Å². The van der Waals surface area contributed by atoms with Crippen molar-refractivity contribution in [3.63, 3.8) is 0 Å². The summed E-state index contributed by atoms with van der Waals surface area (Å²) in [6.07, 6.45) is 0. The van der Waals surface area contributed by atoms with E-state index in [1.807, 2.05) is 6.07 Å². The number of thiocarbonyl (C=S) groups is 1. The molecule has 7 heteroatoms. The molecule has 1 fully saturated rings. The first-order valence-electron chi connectivity index (χ1n) is 8.09. The fourth-order valence-electron chi connectivity index (χ4n) is 2.57. The lowest BCUT2D eigenvalue weighted by Crippen LogP contribution is -2.48. The van der Waals surface area contributed by atoms with Gasteiger partial charge in [0.15, 0.2) is 5.11 Å². The number of aromatic nitrogens is 1. The highest BCUT2D eigenvalue weighted by Gasteiger charge is 2.21. The number of nitrogens with zero attached hydrogens (tertiary/aromatic N) is 3. The lowest BCUT2D eigenvalue weighted by atomic mass is 9.98. The summed E-state index contributed by atoms with van der Waals surface area (Å²) in [5, 5.41) is 5.84. The van der Waals surface area contributed by atoms with Crippen LogP contribution in [0.1, 0.15) is 25.8 Å². The Balaban J connectivity index is 1.81. The van der Waals surface area contributed by atoms with Crippen molar-refractivity contribution < 1.29 is 0 Å². The summed E-state index contributed by atoms with van der Waals surface area (Å²) in [6, 6.07) is 3.99. The van der Waals surface area contributed by atoms with E-state index in [4.69, 9.17) is 28.8 Å². The van der Waals surface area contributed by atoms with E-state index in [1.165, 1.54) is 0 Å². The summed E-state index contributed by atoms with van der Waals surface area (Å²) >= 11 is 13.7. The summed E-state index contributed by atoms with van der Waals surface area (Å²) in [7, 11) is 2.13. The standard InChI is InChI=1S/C17H23ClN4S2/c1-17(2,3)15-19-13-9-11(18)12(10-14(13)24-15)20-16(23)22-7-5-21(4)6-8-22/h9-10H,5-8H2,1-4H3,(H,20,23). The number of rotatable bonds is 1. The van der Waals surface area contributed by atoms with Gasteiger partial charge in [0.1, 0.15) is 0 Å². The molecular formula is C17H23ClN4S2. The minimum atomic E-state index is 0.0406. The van der Waals surface area contributed by atoms with E-state index in [2.05, 4.69) is 49.0 Å². The highest BCUT2D eigenvalue weighted by molar-refractivity contribution is 7.80. The highest BCUT2D eigenvalue weighted by atomic mass is 35.5. The molecule has 0 unspecified atom stereocenters. The number of likely N-dealkylation sites (N-methyl/N-ethyl adjacent to an activating group) is 1. The van der Waals surface area contributed by atoms with Gasteiger partial charge in [0.25, 0.3) is 0 Å². The van der Waals surface area contributed by atoms with Crippen LogP contribution in [0.25, 0.3) is 10.2 Å². The predicted octanol–water partition coefficient (Wildman–Crippen LogP) is 4.19. The molecule has 2 aromatic rings. The molecule has 0 bridgehead atoms. The molecule has 130 valence electrons. The van der Waals surface area contributed by atoms with Crippen LogP contribution < -0.4 is 5.32 Å². The Morgan fingerprint density at radius 1 is 1.25 bits per heavy atom. The van der Waals surface area contributed by atoms with Gasteiger partial charge in [-0.2, -0.15) is 0 Å². The first kappa shape index (κ1) is 17.9. The second-order valence-corrected chi connectivity index (χ2v) is 9.11. The van der Waals surface area contributed by atoms with Crippen LogP contribution in [0.2, 0.25) is 5.02 Å². The number of hydrogen-bond acceptors (Lipinski definition) is 4. The van der Waals surface area contributed by atoms with Crippen LogP contribution in [0, 0.1) is 0 Å². The number of halogens is 1. The number of piperazine rings is 1. The van der Waals surface area contributed by atoms with Crippen LogP contribution in [-0.2, 0) is 5.41 Å². The van der Waals surface area contributed by atoms with E-state index in [1.54, 1.807) is 11.3 Å². The molecule has 1 saturated heterocycles. The van der Waals surface area contributed by atoms with Gasteiger partial charge in [0, 0.05) is 31.6 Å². The van der Waals surface area contributed by atoms with Crippen molar-refractivity contribution >= 4 is 56.2 Å². The number of fused-ring (bicyclic) bond motifs is 1. The van der Waals surface area contributed by atoms with Crippen molar-refractivity contribution in [1.29, 1.82) is 0 Å². The highest BCUT2D eigenvalue weighted by Crippen LogP contribution is 2.35. The van der Waals surface area contributed by atoms with Crippen LogP contribution >= 0.6 is 35.2 Å². The predicted molar refractivity (Wildman–Crippen MR) is 109 cm³/mol. The zero-order chi connectivity index (χ0) is 17.5. The zero-order valence-electron chi connectivity index (χ0n) is 14.5. The molecule has 0 radical (unpaired) electrons. The van der Waals surface area contributed by atoms with Gasteiger partial charge >= 0.3 is 0 Å². The van der Waals surface area contributed by atoms with Crippen molar-refractivity contribution in [3.05, 3.63) is 22.2 Å². The molecule has 1 aromatic heterocycles. The average molecular weight is 383 g/mol.